The van der Waals surface area contributed by atoms with Crippen molar-refractivity contribution < 1.29 is 14.3 Å². The maximum Gasteiger partial charge on any atom is 0.321 e. The fourth-order valence-electron chi connectivity index (χ4n) is 6.72. The minimum atomic E-state index is -0.303. The largest absolute Gasteiger partial charge is 0.461 e. The van der Waals surface area contributed by atoms with Crippen LogP contribution in [0.4, 0.5) is 0 Å². The molecule has 4 heteroatoms. The lowest BCUT2D eigenvalue weighted by Gasteiger charge is -2.56. The van der Waals surface area contributed by atoms with Crippen LogP contribution in [0.25, 0.3) is 0 Å². The summed E-state index contributed by atoms with van der Waals surface area (Å²) in [4.78, 5) is 24.0. The number of carbonyl (C=O) groups is 2. The SMILES string of the molecule is CC12CCC3C(CC=C4CC(OC(=O)CCl)CCC43C)C1CCC2=O. The third-order valence-corrected chi connectivity index (χ3v) is 8.39. The third-order valence-electron chi connectivity index (χ3n) is 8.17. The smallest absolute Gasteiger partial charge is 0.321 e. The van der Waals surface area contributed by atoms with E-state index in [0.717, 1.165) is 44.9 Å². The molecule has 0 aromatic heterocycles. The molecule has 0 saturated heterocycles. The highest BCUT2D eigenvalue weighted by Crippen LogP contribution is 2.64. The molecule has 3 nitrogen and oxygen atoms in total. The van der Waals surface area contributed by atoms with Gasteiger partial charge in [0.25, 0.3) is 0 Å². The first-order chi connectivity index (χ1) is 11.9. The van der Waals surface area contributed by atoms with Gasteiger partial charge in [-0.15, -0.1) is 11.6 Å². The standard InChI is InChI=1S/C21H29ClO3/c1-20-9-7-14(25-19(24)12-22)11-13(20)3-4-15-16-5-6-18(23)21(16,2)10-8-17(15)20/h3,14-17H,4-12H2,1-2H3. The number of alkyl halides is 1. The second-order valence-electron chi connectivity index (χ2n) is 9.17. The van der Waals surface area contributed by atoms with Crippen LogP contribution in [0.2, 0.25) is 0 Å². The number of ketones is 1. The first-order valence-corrected chi connectivity index (χ1v) is 10.4. The minimum Gasteiger partial charge on any atom is -0.461 e. The summed E-state index contributed by atoms with van der Waals surface area (Å²) in [6.07, 6.45) is 10.5. The number of allylic oxidation sites excluding steroid dienone is 1. The number of hydrogen-bond donors (Lipinski definition) is 0. The molecule has 4 rings (SSSR count). The summed E-state index contributed by atoms with van der Waals surface area (Å²) < 4.78 is 5.51. The van der Waals surface area contributed by atoms with Gasteiger partial charge in [0, 0.05) is 18.3 Å². The van der Waals surface area contributed by atoms with E-state index in [1.807, 2.05) is 0 Å². The first kappa shape index (κ1) is 17.6. The topological polar surface area (TPSA) is 43.4 Å². The second kappa shape index (κ2) is 6.11. The number of fused-ring (bicyclic) bond motifs is 5. The van der Waals surface area contributed by atoms with Crippen molar-refractivity contribution in [1.82, 2.24) is 0 Å². The molecule has 0 bridgehead atoms. The molecule has 0 amide bonds. The van der Waals surface area contributed by atoms with E-state index in [-0.39, 0.29) is 28.8 Å². The Bertz CT molecular complexity index is 627. The summed E-state index contributed by atoms with van der Waals surface area (Å²) in [5.41, 5.74) is 1.65. The van der Waals surface area contributed by atoms with Gasteiger partial charge in [0.2, 0.25) is 0 Å². The van der Waals surface area contributed by atoms with Crippen LogP contribution in [-0.4, -0.2) is 23.7 Å². The van der Waals surface area contributed by atoms with Crippen LogP contribution in [0.5, 0.6) is 0 Å². The highest BCUT2D eigenvalue weighted by Gasteiger charge is 2.58. The van der Waals surface area contributed by atoms with Gasteiger partial charge in [-0.2, -0.15) is 0 Å². The predicted molar refractivity (Wildman–Crippen MR) is 97.3 cm³/mol. The van der Waals surface area contributed by atoms with Gasteiger partial charge in [-0.25, -0.2) is 0 Å². The molecule has 4 aliphatic carbocycles. The van der Waals surface area contributed by atoms with Gasteiger partial charge in [-0.05, 0) is 61.7 Å². The minimum absolute atomic E-state index is 0.0101. The molecular formula is C21H29ClO3. The van der Waals surface area contributed by atoms with Crippen molar-refractivity contribution in [2.24, 2.45) is 28.6 Å². The van der Waals surface area contributed by atoms with Gasteiger partial charge < -0.3 is 4.74 Å². The predicted octanol–water partition coefficient (Wildman–Crippen LogP) is 4.67. The second-order valence-corrected chi connectivity index (χ2v) is 9.43. The fourth-order valence-corrected chi connectivity index (χ4v) is 6.78. The molecule has 3 fully saturated rings. The average molecular weight is 365 g/mol. The molecule has 0 aromatic rings. The summed E-state index contributed by atoms with van der Waals surface area (Å²) in [6, 6.07) is 0. The van der Waals surface area contributed by atoms with Crippen LogP contribution in [-0.2, 0) is 14.3 Å². The zero-order valence-corrected chi connectivity index (χ0v) is 16.1. The summed E-state index contributed by atoms with van der Waals surface area (Å²) in [7, 11) is 0. The van der Waals surface area contributed by atoms with E-state index in [1.165, 1.54) is 12.0 Å². The van der Waals surface area contributed by atoms with Gasteiger partial charge in [0.05, 0.1) is 0 Å². The van der Waals surface area contributed by atoms with E-state index < -0.39 is 0 Å². The molecule has 0 spiro atoms. The summed E-state index contributed by atoms with van der Waals surface area (Å²) >= 11 is 5.59. The maximum atomic E-state index is 12.5. The van der Waals surface area contributed by atoms with E-state index in [1.54, 1.807) is 0 Å². The van der Waals surface area contributed by atoms with E-state index in [0.29, 0.717) is 23.5 Å². The van der Waals surface area contributed by atoms with Gasteiger partial charge >= 0.3 is 5.97 Å². The van der Waals surface area contributed by atoms with Crippen molar-refractivity contribution >= 4 is 23.4 Å². The number of hydrogen-bond acceptors (Lipinski definition) is 3. The molecule has 0 radical (unpaired) electrons. The number of carbonyl (C=O) groups excluding carboxylic acids is 2. The van der Waals surface area contributed by atoms with Crippen molar-refractivity contribution in [3.8, 4) is 0 Å². The third kappa shape index (κ3) is 2.60. The molecule has 25 heavy (non-hydrogen) atoms. The number of esters is 1. The van der Waals surface area contributed by atoms with Crippen molar-refractivity contribution in [3.05, 3.63) is 11.6 Å². The Morgan fingerprint density at radius 2 is 1.92 bits per heavy atom. The fraction of sp³-hybridized carbons (Fsp3) is 0.810. The van der Waals surface area contributed by atoms with Crippen LogP contribution in [0.3, 0.4) is 0 Å². The molecule has 0 heterocycles. The zero-order valence-electron chi connectivity index (χ0n) is 15.4. The number of halogens is 1. The molecule has 4 aliphatic rings. The lowest BCUT2D eigenvalue weighted by atomic mass is 9.48. The first-order valence-electron chi connectivity index (χ1n) is 9.87. The molecule has 3 saturated carbocycles. The molecule has 0 N–H and O–H groups in total. The van der Waals surface area contributed by atoms with E-state index >= 15 is 0 Å². The Balaban J connectivity index is 1.56. The summed E-state index contributed by atoms with van der Waals surface area (Å²) in [6.45, 7) is 4.65. The van der Waals surface area contributed by atoms with Gasteiger partial charge in [0.1, 0.15) is 17.8 Å². The Kier molecular flexibility index (Phi) is 4.30. The quantitative estimate of drug-likeness (QED) is 0.406. The Labute approximate surface area is 155 Å². The van der Waals surface area contributed by atoms with Gasteiger partial charge in [0.15, 0.2) is 0 Å². The Morgan fingerprint density at radius 1 is 1.20 bits per heavy atom. The van der Waals surface area contributed by atoms with Crippen LogP contribution in [0.15, 0.2) is 11.6 Å². The molecule has 0 aliphatic heterocycles. The van der Waals surface area contributed by atoms with Crippen molar-refractivity contribution in [3.63, 3.8) is 0 Å². The van der Waals surface area contributed by atoms with E-state index in [2.05, 4.69) is 19.9 Å². The van der Waals surface area contributed by atoms with Crippen LogP contribution >= 0.6 is 11.6 Å². The van der Waals surface area contributed by atoms with Crippen LogP contribution in [0, 0.1) is 28.6 Å². The molecule has 6 atom stereocenters. The van der Waals surface area contributed by atoms with E-state index in [4.69, 9.17) is 16.3 Å². The zero-order chi connectivity index (χ0) is 17.8. The van der Waals surface area contributed by atoms with Crippen molar-refractivity contribution in [2.45, 2.75) is 71.3 Å². The summed E-state index contributed by atoms with van der Waals surface area (Å²) in [5.74, 6) is 2.04. The number of Topliss-reactive ketones (excluding diaryl/α,β-unsaturated/α-hetero) is 1. The highest BCUT2D eigenvalue weighted by molar-refractivity contribution is 6.26. The van der Waals surface area contributed by atoms with Gasteiger partial charge in [-0.1, -0.05) is 25.5 Å². The molecule has 0 aromatic carbocycles. The van der Waals surface area contributed by atoms with E-state index in [9.17, 15) is 9.59 Å². The lowest BCUT2D eigenvalue weighted by Crippen LogP contribution is -2.50. The lowest BCUT2D eigenvalue weighted by molar-refractivity contribution is -0.148. The van der Waals surface area contributed by atoms with Gasteiger partial charge in [-0.3, -0.25) is 9.59 Å². The normalized spacial score (nSPS) is 45.9. The Hall–Kier alpha value is -0.830. The van der Waals surface area contributed by atoms with Crippen LogP contribution in [0.1, 0.15) is 65.2 Å². The average Bonchev–Trinajstić information content (AvgIpc) is 2.90. The van der Waals surface area contributed by atoms with Crippen molar-refractivity contribution in [2.75, 3.05) is 5.88 Å². The summed E-state index contributed by atoms with van der Waals surface area (Å²) in [5, 5.41) is 0. The highest BCUT2D eigenvalue weighted by atomic mass is 35.5. The Morgan fingerprint density at radius 3 is 2.68 bits per heavy atom. The van der Waals surface area contributed by atoms with Crippen molar-refractivity contribution in [1.29, 1.82) is 0 Å². The number of rotatable bonds is 2. The van der Waals surface area contributed by atoms with Crippen LogP contribution < -0.4 is 0 Å². The maximum absolute atomic E-state index is 12.5. The molecule has 138 valence electrons. The molecule has 6 unspecified atom stereocenters. The number of ether oxygens (including phenoxy) is 1. The monoisotopic (exact) mass is 364 g/mol. The molecular weight excluding hydrogens is 336 g/mol.